The Morgan fingerprint density at radius 1 is 1.47 bits per heavy atom. The van der Waals surface area contributed by atoms with Crippen molar-refractivity contribution >= 4 is 35.7 Å². The number of nitrogens with zero attached hydrogens (tertiary/aromatic N) is 4. The summed E-state index contributed by atoms with van der Waals surface area (Å²) in [5.41, 5.74) is 1.33. The number of urea groups is 1. The van der Waals surface area contributed by atoms with Crippen molar-refractivity contribution in [1.82, 2.24) is 15.0 Å². The number of hydrogen-bond acceptors (Lipinski definition) is 8. The maximum Gasteiger partial charge on any atom is 0.329 e. The van der Waals surface area contributed by atoms with Crippen LogP contribution >= 0.6 is 11.6 Å². The molecule has 1 saturated heterocycles. The van der Waals surface area contributed by atoms with Crippen molar-refractivity contribution in [3.8, 4) is 5.88 Å². The van der Waals surface area contributed by atoms with E-state index in [2.05, 4.69) is 20.3 Å². The van der Waals surface area contributed by atoms with E-state index in [0.29, 0.717) is 50.3 Å². The molecule has 0 aromatic carbocycles. The van der Waals surface area contributed by atoms with E-state index in [1.165, 1.54) is 11.1 Å². The number of aldehydes is 1. The number of hydrogen-bond donors (Lipinski definition) is 2. The van der Waals surface area contributed by atoms with Gasteiger partial charge in [0.15, 0.2) is 6.29 Å². The van der Waals surface area contributed by atoms with E-state index in [4.69, 9.17) is 21.1 Å². The second kappa shape index (κ2) is 8.90. The predicted octanol–water partition coefficient (Wildman–Crippen LogP) is 1.98. The molecule has 2 aliphatic rings. The number of carbonyl (C=O) groups excluding carboxylic acids is 2. The lowest BCUT2D eigenvalue weighted by Gasteiger charge is -2.28. The smallest absolute Gasteiger partial charge is 0.329 e. The molecule has 30 heavy (non-hydrogen) atoms. The fraction of sp³-hybridized carbons (Fsp3) is 0.421. The van der Waals surface area contributed by atoms with E-state index in [0.717, 1.165) is 12.0 Å². The average Bonchev–Trinajstić information content (AvgIpc) is 3.27. The molecular formula is C19H20ClN5O5. The Morgan fingerprint density at radius 3 is 3.07 bits per heavy atom. The fourth-order valence-electron chi connectivity index (χ4n) is 3.41. The first-order chi connectivity index (χ1) is 14.6. The summed E-state index contributed by atoms with van der Waals surface area (Å²) in [5.74, 6) is 0.588. The number of aromatic nitrogens is 3. The van der Waals surface area contributed by atoms with Crippen LogP contribution in [0, 0.1) is 0 Å². The number of aryl methyl sites for hydroxylation is 1. The number of anilines is 2. The summed E-state index contributed by atoms with van der Waals surface area (Å²) in [5, 5.41) is 12.3. The molecule has 1 fully saturated rings. The van der Waals surface area contributed by atoms with Gasteiger partial charge in [0.1, 0.15) is 22.6 Å². The van der Waals surface area contributed by atoms with Crippen molar-refractivity contribution < 1.29 is 24.2 Å². The van der Waals surface area contributed by atoms with E-state index in [9.17, 15) is 14.7 Å². The molecule has 2 aliphatic heterocycles. The molecule has 0 spiro atoms. The highest BCUT2D eigenvalue weighted by molar-refractivity contribution is 6.31. The second-order valence-electron chi connectivity index (χ2n) is 6.93. The van der Waals surface area contributed by atoms with Gasteiger partial charge in [0.05, 0.1) is 26.0 Å². The third-order valence-electron chi connectivity index (χ3n) is 4.90. The number of rotatable bonds is 5. The summed E-state index contributed by atoms with van der Waals surface area (Å²) >= 11 is 6.11. The van der Waals surface area contributed by atoms with Crippen molar-refractivity contribution in [2.24, 2.45) is 0 Å². The topological polar surface area (TPSA) is 127 Å². The van der Waals surface area contributed by atoms with Crippen LogP contribution in [0.2, 0.25) is 5.02 Å². The molecule has 0 saturated carbocycles. The first-order valence-electron chi connectivity index (χ1n) is 9.53. The highest BCUT2D eigenvalue weighted by Crippen LogP contribution is 2.28. The normalized spacial score (nSPS) is 18.1. The molecule has 2 aromatic heterocycles. The van der Waals surface area contributed by atoms with Gasteiger partial charge < -0.3 is 14.6 Å². The number of halogens is 1. The highest BCUT2D eigenvalue weighted by atomic mass is 35.5. The van der Waals surface area contributed by atoms with Gasteiger partial charge in [-0.3, -0.25) is 15.0 Å². The lowest BCUT2D eigenvalue weighted by molar-refractivity contribution is 0.111. The standard InChI is InChI=1S/C19H20ClN5O5/c20-14-7-21-18(23-17(14)30-13-3-5-29-10-13)24-19(28)25-4-1-2-11-6-12(8-26)15(9-27)22-16(11)25/h6-7,9,13,26H,1-5,8,10H2,(H,21,23,24,28)/t13-/m1/s1. The van der Waals surface area contributed by atoms with Crippen LogP contribution in [0.4, 0.5) is 16.6 Å². The second-order valence-corrected chi connectivity index (χ2v) is 7.33. The third kappa shape index (κ3) is 4.20. The number of amides is 2. The first-order valence-corrected chi connectivity index (χ1v) is 9.91. The van der Waals surface area contributed by atoms with Crippen LogP contribution in [0.3, 0.4) is 0 Å². The van der Waals surface area contributed by atoms with Crippen molar-refractivity contribution in [1.29, 1.82) is 0 Å². The van der Waals surface area contributed by atoms with E-state index in [1.807, 2.05) is 0 Å². The van der Waals surface area contributed by atoms with Crippen LogP contribution in [0.5, 0.6) is 5.88 Å². The van der Waals surface area contributed by atoms with Crippen LogP contribution in [0.25, 0.3) is 0 Å². The molecule has 10 nitrogen and oxygen atoms in total. The van der Waals surface area contributed by atoms with Gasteiger partial charge in [-0.05, 0) is 24.5 Å². The SMILES string of the molecule is O=Cc1nc2c(cc1CO)CCCN2C(=O)Nc1ncc(Cl)c(O[C@@H]2CCOC2)n1. The molecule has 1 atom stereocenters. The molecule has 0 radical (unpaired) electrons. The van der Waals surface area contributed by atoms with Crippen molar-refractivity contribution in [2.45, 2.75) is 32.0 Å². The van der Waals surface area contributed by atoms with Crippen LogP contribution in [0.15, 0.2) is 12.3 Å². The summed E-state index contributed by atoms with van der Waals surface area (Å²) < 4.78 is 11.0. The molecule has 11 heteroatoms. The average molecular weight is 434 g/mol. The minimum atomic E-state index is -0.491. The summed E-state index contributed by atoms with van der Waals surface area (Å²) in [6.45, 7) is 1.18. The molecule has 2 amide bonds. The van der Waals surface area contributed by atoms with Crippen LogP contribution < -0.4 is 15.0 Å². The van der Waals surface area contributed by atoms with E-state index in [1.54, 1.807) is 6.07 Å². The zero-order chi connectivity index (χ0) is 21.1. The molecule has 158 valence electrons. The summed E-state index contributed by atoms with van der Waals surface area (Å²) in [6.07, 6.45) is 3.90. The van der Waals surface area contributed by atoms with E-state index < -0.39 is 6.03 Å². The Kier molecular flexibility index (Phi) is 6.07. The van der Waals surface area contributed by atoms with Crippen molar-refractivity contribution in [2.75, 3.05) is 30.0 Å². The summed E-state index contributed by atoms with van der Waals surface area (Å²) in [6, 6.07) is 1.22. The number of carbonyl (C=O) groups is 2. The van der Waals surface area contributed by atoms with Gasteiger partial charge in [-0.15, -0.1) is 0 Å². The summed E-state index contributed by atoms with van der Waals surface area (Å²) in [4.78, 5) is 38.1. The predicted molar refractivity (Wildman–Crippen MR) is 107 cm³/mol. The number of aliphatic hydroxyl groups excluding tert-OH is 1. The van der Waals surface area contributed by atoms with Crippen LogP contribution in [-0.2, 0) is 17.8 Å². The van der Waals surface area contributed by atoms with Gasteiger partial charge in [0.2, 0.25) is 11.8 Å². The quantitative estimate of drug-likeness (QED) is 0.685. The number of ether oxygens (including phenoxy) is 2. The van der Waals surface area contributed by atoms with Crippen LogP contribution in [0.1, 0.15) is 34.5 Å². The minimum Gasteiger partial charge on any atom is -0.471 e. The van der Waals surface area contributed by atoms with Gasteiger partial charge in [-0.25, -0.2) is 14.8 Å². The minimum absolute atomic E-state index is 0.0352. The largest absolute Gasteiger partial charge is 0.471 e. The zero-order valence-electron chi connectivity index (χ0n) is 16.0. The van der Waals surface area contributed by atoms with Gasteiger partial charge in [0.25, 0.3) is 0 Å². The number of aliphatic hydroxyl groups is 1. The van der Waals surface area contributed by atoms with Crippen molar-refractivity contribution in [3.63, 3.8) is 0 Å². The Morgan fingerprint density at radius 2 is 2.33 bits per heavy atom. The first kappa shape index (κ1) is 20.5. The lowest BCUT2D eigenvalue weighted by Crippen LogP contribution is -2.40. The molecular weight excluding hydrogens is 414 g/mol. The van der Waals surface area contributed by atoms with Gasteiger partial charge >= 0.3 is 6.03 Å². The Bertz CT molecular complexity index is 967. The Hall–Kier alpha value is -2.82. The summed E-state index contributed by atoms with van der Waals surface area (Å²) in [7, 11) is 0. The lowest BCUT2D eigenvalue weighted by atomic mass is 10.0. The van der Waals surface area contributed by atoms with Crippen molar-refractivity contribution in [3.05, 3.63) is 34.1 Å². The number of pyridine rings is 1. The van der Waals surface area contributed by atoms with E-state index >= 15 is 0 Å². The zero-order valence-corrected chi connectivity index (χ0v) is 16.8. The molecule has 4 heterocycles. The van der Waals surface area contributed by atoms with Gasteiger partial charge in [-0.1, -0.05) is 11.6 Å². The van der Waals surface area contributed by atoms with E-state index in [-0.39, 0.29) is 35.3 Å². The Labute approximate surface area is 177 Å². The molecule has 0 aliphatic carbocycles. The molecule has 2 N–H and O–H groups in total. The maximum atomic E-state index is 12.9. The molecule has 0 bridgehead atoms. The Balaban J connectivity index is 1.54. The number of fused-ring (bicyclic) bond motifs is 1. The highest BCUT2D eigenvalue weighted by Gasteiger charge is 2.27. The van der Waals surface area contributed by atoms with Crippen LogP contribution in [-0.4, -0.2) is 58.2 Å². The van der Waals surface area contributed by atoms with Gasteiger partial charge in [-0.2, -0.15) is 4.98 Å². The third-order valence-corrected chi connectivity index (χ3v) is 5.16. The monoisotopic (exact) mass is 433 g/mol. The molecule has 0 unspecified atom stereocenters. The molecule has 2 aromatic rings. The molecule has 4 rings (SSSR count). The fourth-order valence-corrected chi connectivity index (χ4v) is 3.54. The number of nitrogens with one attached hydrogen (secondary N) is 1. The van der Waals surface area contributed by atoms with Gasteiger partial charge in [0, 0.05) is 18.5 Å². The maximum absolute atomic E-state index is 12.9.